The molecule has 92 heavy (non-hydrogen) atoms. The SMILES string of the molecule is Cc1cc2c(O)c(c1)Cc1cc(C)cc(c1O)Cc1cc(C#CC#Cc3cc4c(O)c(c3)Cc3cc(C)cc(c3O)Cc3cc(C)cc(c3O)Cc3cc(C)cc(c3O)Cc3cc(C)cc(c3O)C4)cc(c1O)Cc1cc(C)cc(c1O)Cc1cc(C)cc(c1O)C2. The van der Waals surface area contributed by atoms with Gasteiger partial charge in [-0.15, -0.1) is 0 Å². The molecule has 10 heteroatoms. The summed E-state index contributed by atoms with van der Waals surface area (Å²) in [6.45, 7) is 15.5. The second kappa shape index (κ2) is 24.6. The Bertz CT molecular complexity index is 4280. The Hall–Kier alpha value is -10.7. The Morgan fingerprint density at radius 1 is 0.174 bits per heavy atom. The zero-order chi connectivity index (χ0) is 65.1. The predicted octanol–water partition coefficient (Wildman–Crippen LogP) is 15.1. The first-order valence-electron chi connectivity index (χ1n) is 31.1. The number of hydrogen-bond donors (Lipinski definition) is 10. The van der Waals surface area contributed by atoms with Crippen LogP contribution in [0.3, 0.4) is 0 Å². The normalized spacial score (nSPS) is 12.8. The van der Waals surface area contributed by atoms with E-state index in [0.29, 0.717) is 122 Å². The van der Waals surface area contributed by atoms with E-state index in [4.69, 9.17) is 0 Å². The van der Waals surface area contributed by atoms with Crippen LogP contribution in [-0.2, 0) is 64.2 Å². The molecule has 0 aliphatic heterocycles. The van der Waals surface area contributed by atoms with Crippen molar-refractivity contribution in [2.45, 2.75) is 120 Å². The van der Waals surface area contributed by atoms with Crippen molar-refractivity contribution in [3.05, 3.63) is 288 Å². The zero-order valence-electron chi connectivity index (χ0n) is 53.1. The summed E-state index contributed by atoms with van der Waals surface area (Å²) in [6.07, 6.45) is 1.73. The number of hydrogen-bond acceptors (Lipinski definition) is 10. The maximum absolute atomic E-state index is 12.3. The molecule has 0 aromatic heterocycles. The van der Waals surface area contributed by atoms with Gasteiger partial charge in [-0.3, -0.25) is 0 Å². The highest BCUT2D eigenvalue weighted by Gasteiger charge is 2.25. The van der Waals surface area contributed by atoms with Gasteiger partial charge in [-0.2, -0.15) is 0 Å². The topological polar surface area (TPSA) is 202 Å². The van der Waals surface area contributed by atoms with Crippen LogP contribution in [-0.4, -0.2) is 51.1 Å². The molecule has 0 spiro atoms. The molecule has 462 valence electrons. The fourth-order valence-electron chi connectivity index (χ4n) is 14.1. The molecule has 10 aromatic carbocycles. The van der Waals surface area contributed by atoms with Crippen LogP contribution in [0.5, 0.6) is 57.5 Å². The minimum absolute atomic E-state index is 0.0172. The molecule has 20 bridgehead atoms. The van der Waals surface area contributed by atoms with E-state index >= 15 is 0 Å². The smallest absolute Gasteiger partial charge is 0.122 e. The summed E-state index contributed by atoms with van der Waals surface area (Å²) >= 11 is 0. The van der Waals surface area contributed by atoms with Gasteiger partial charge >= 0.3 is 0 Å². The third-order valence-electron chi connectivity index (χ3n) is 18.1. The van der Waals surface area contributed by atoms with Gasteiger partial charge in [0.15, 0.2) is 0 Å². The van der Waals surface area contributed by atoms with E-state index in [1.165, 1.54) is 0 Å². The van der Waals surface area contributed by atoms with Crippen molar-refractivity contribution in [3.8, 4) is 81.2 Å². The van der Waals surface area contributed by atoms with Crippen molar-refractivity contribution >= 4 is 0 Å². The third kappa shape index (κ3) is 12.6. The van der Waals surface area contributed by atoms with E-state index in [0.717, 1.165) is 44.5 Å². The molecule has 10 aromatic rings. The van der Waals surface area contributed by atoms with Gasteiger partial charge in [-0.25, -0.2) is 0 Å². The fourth-order valence-corrected chi connectivity index (χ4v) is 14.1. The Balaban J connectivity index is 0.975. The highest BCUT2D eigenvalue weighted by Crippen LogP contribution is 2.43. The molecule has 0 fully saturated rings. The van der Waals surface area contributed by atoms with Gasteiger partial charge in [0.05, 0.1) is 0 Å². The van der Waals surface area contributed by atoms with Crippen LogP contribution in [0.4, 0.5) is 0 Å². The molecule has 0 saturated carbocycles. The zero-order valence-corrected chi connectivity index (χ0v) is 53.1. The number of rotatable bonds is 0. The fraction of sp³-hybridized carbons (Fsp3) is 0.220. The van der Waals surface area contributed by atoms with E-state index in [2.05, 4.69) is 23.7 Å². The number of benzene rings is 10. The summed E-state index contributed by atoms with van der Waals surface area (Å²) < 4.78 is 0. The average Bonchev–Trinajstić information content (AvgIpc) is 0.864. The molecule has 0 saturated heterocycles. The van der Waals surface area contributed by atoms with Crippen LogP contribution in [0, 0.1) is 79.1 Å². The first-order chi connectivity index (χ1) is 43.9. The lowest BCUT2D eigenvalue weighted by Gasteiger charge is -2.19. The van der Waals surface area contributed by atoms with Crippen LogP contribution in [0.15, 0.2) is 121 Å². The van der Waals surface area contributed by atoms with E-state index in [1.807, 2.05) is 152 Å². The van der Waals surface area contributed by atoms with Crippen LogP contribution in [0.2, 0.25) is 0 Å². The van der Waals surface area contributed by atoms with Crippen molar-refractivity contribution in [1.29, 1.82) is 0 Å². The summed E-state index contributed by atoms with van der Waals surface area (Å²) in [5.41, 5.74) is 19.4. The van der Waals surface area contributed by atoms with Crippen LogP contribution in [0.25, 0.3) is 0 Å². The van der Waals surface area contributed by atoms with Crippen molar-refractivity contribution < 1.29 is 51.1 Å². The minimum Gasteiger partial charge on any atom is -0.507 e. The molecule has 0 amide bonds. The Kier molecular flexibility index (Phi) is 16.5. The molecule has 12 rings (SSSR count). The van der Waals surface area contributed by atoms with Crippen molar-refractivity contribution in [3.63, 3.8) is 0 Å². The standard InChI is InChI=1S/C82H74O10/c1-43-13-53-33-54-14-44(2)18-58(74(54)84)36-62-22-48(6)26-66(78(62)88)40-70-30-51(29-69(81(70)91)39-65-25-47(5)21-61(77(65)87)35-57(17-43)73(53)83)11-9-10-12-52-31-71-41-67-27-49(7)23-63(79(67)89)37-59-19-45(3)15-55(75(59)85)34-56-16-46(4)20-60(76(56)86)38-64-24-50(8)28-68(80(64)90)42-72(32-52)82(71)92/h13-32,83-92H,33-42H2,1-8H3. The minimum atomic E-state index is -0.0374. The Labute approximate surface area is 537 Å². The van der Waals surface area contributed by atoms with E-state index < -0.39 is 0 Å². The maximum Gasteiger partial charge on any atom is 0.122 e. The summed E-state index contributed by atoms with van der Waals surface area (Å²) in [4.78, 5) is 0. The van der Waals surface area contributed by atoms with Gasteiger partial charge < -0.3 is 51.1 Å². The molecule has 0 atom stereocenters. The van der Waals surface area contributed by atoms with Gasteiger partial charge in [0.1, 0.15) is 57.5 Å². The van der Waals surface area contributed by atoms with Crippen LogP contribution < -0.4 is 0 Å². The van der Waals surface area contributed by atoms with Crippen molar-refractivity contribution in [2.75, 3.05) is 0 Å². The number of aromatic hydroxyl groups is 10. The monoisotopic (exact) mass is 1220 g/mol. The van der Waals surface area contributed by atoms with Crippen molar-refractivity contribution in [1.82, 2.24) is 0 Å². The number of phenolic OH excluding ortho intramolecular Hbond substituents is 10. The Morgan fingerprint density at radius 2 is 0.272 bits per heavy atom. The molecule has 2 aliphatic rings. The molecule has 0 unspecified atom stereocenters. The highest BCUT2D eigenvalue weighted by molar-refractivity contribution is 5.63. The summed E-state index contributed by atoms with van der Waals surface area (Å²) in [5.74, 6) is 12.8. The summed E-state index contributed by atoms with van der Waals surface area (Å²) in [5, 5.41) is 121. The second-order valence-corrected chi connectivity index (χ2v) is 26.0. The van der Waals surface area contributed by atoms with E-state index in [-0.39, 0.29) is 122 Å². The lowest BCUT2D eigenvalue weighted by molar-refractivity contribution is 0.448. The lowest BCUT2D eigenvalue weighted by Crippen LogP contribution is -2.03. The average molecular weight is 1220 g/mol. The van der Waals surface area contributed by atoms with Crippen molar-refractivity contribution in [2.24, 2.45) is 0 Å². The lowest BCUT2D eigenvalue weighted by atomic mass is 9.89. The molecule has 0 heterocycles. The molecule has 2 aliphatic carbocycles. The molecule has 10 N–H and O–H groups in total. The third-order valence-corrected chi connectivity index (χ3v) is 18.1. The quantitative estimate of drug-likeness (QED) is 0.0651. The first-order valence-corrected chi connectivity index (χ1v) is 31.1. The van der Waals surface area contributed by atoms with Gasteiger partial charge in [-0.1, -0.05) is 153 Å². The van der Waals surface area contributed by atoms with E-state index in [9.17, 15) is 51.1 Å². The maximum atomic E-state index is 12.3. The van der Waals surface area contributed by atoms with Gasteiger partial charge in [0.2, 0.25) is 0 Å². The first kappa shape index (κ1) is 61.6. The summed E-state index contributed by atoms with van der Waals surface area (Å²) in [7, 11) is 0. The van der Waals surface area contributed by atoms with Crippen LogP contribution in [0.1, 0.15) is 167 Å². The molecule has 0 radical (unpaired) electrons. The Morgan fingerprint density at radius 3 is 0.380 bits per heavy atom. The number of fused-ring (bicyclic) bond motifs is 20. The highest BCUT2D eigenvalue weighted by atomic mass is 16.3. The van der Waals surface area contributed by atoms with Gasteiger partial charge in [-0.05, 0) is 203 Å². The van der Waals surface area contributed by atoms with E-state index in [1.54, 1.807) is 24.3 Å². The largest absolute Gasteiger partial charge is 0.507 e. The number of aryl methyl sites for hydroxylation is 8. The van der Waals surface area contributed by atoms with Gasteiger partial charge in [0.25, 0.3) is 0 Å². The molecule has 10 nitrogen and oxygen atoms in total. The van der Waals surface area contributed by atoms with Gasteiger partial charge in [0, 0.05) is 75.3 Å². The predicted molar refractivity (Wildman–Crippen MR) is 361 cm³/mol. The molecular weight excluding hydrogens is 1140 g/mol. The molecular formula is C82H74O10. The van der Waals surface area contributed by atoms with Crippen LogP contribution >= 0.6 is 0 Å². The number of phenols is 10. The second-order valence-electron chi connectivity index (χ2n) is 26.0. The summed E-state index contributed by atoms with van der Waals surface area (Å²) in [6, 6.07) is 37.4.